The molecule has 2 aromatic carbocycles. The maximum atomic E-state index is 12.2. The zero-order valence-electron chi connectivity index (χ0n) is 10.7. The molecule has 3 nitrogen and oxygen atoms in total. The molecule has 0 saturated carbocycles. The molecule has 5 heteroatoms. The van der Waals surface area contributed by atoms with Crippen LogP contribution in [-0.4, -0.2) is 11.0 Å². The number of rotatable bonds is 3. The molecule has 104 valence electrons. The maximum Gasteiger partial charge on any atom is 0.255 e. The van der Waals surface area contributed by atoms with Gasteiger partial charge in [0.15, 0.2) is 0 Å². The van der Waals surface area contributed by atoms with Crippen molar-refractivity contribution in [3.8, 4) is 0 Å². The monoisotopic (exact) mass is 309 g/mol. The number of aliphatic hydroxyl groups excluding tert-OH is 1. The van der Waals surface area contributed by atoms with Crippen LogP contribution in [0.15, 0.2) is 42.5 Å². The number of carbonyl (C=O) groups excluding carboxylic acids is 1. The number of hydrogen-bond donors (Lipinski definition) is 2. The minimum absolute atomic E-state index is 0.309. The SMILES string of the molecule is CC(O)c1ccccc1NC(=O)c1ccc(Cl)c(Cl)c1. The molecule has 1 unspecified atom stereocenters. The first-order chi connectivity index (χ1) is 9.49. The Labute approximate surface area is 127 Å². The topological polar surface area (TPSA) is 49.3 Å². The zero-order chi connectivity index (χ0) is 14.7. The summed E-state index contributed by atoms with van der Waals surface area (Å²) in [5.41, 5.74) is 1.62. The highest BCUT2D eigenvalue weighted by atomic mass is 35.5. The molecule has 0 saturated heterocycles. The van der Waals surface area contributed by atoms with Crippen molar-refractivity contribution in [2.24, 2.45) is 0 Å². The molecule has 0 aromatic heterocycles. The van der Waals surface area contributed by atoms with Gasteiger partial charge in [0.25, 0.3) is 5.91 Å². The first kappa shape index (κ1) is 14.9. The lowest BCUT2D eigenvalue weighted by Crippen LogP contribution is -2.13. The van der Waals surface area contributed by atoms with Crippen LogP contribution in [0, 0.1) is 0 Å². The number of benzene rings is 2. The predicted octanol–water partition coefficient (Wildman–Crippen LogP) is 4.30. The molecule has 0 bridgehead atoms. The van der Waals surface area contributed by atoms with Crippen LogP contribution in [0.25, 0.3) is 0 Å². The van der Waals surface area contributed by atoms with Crippen LogP contribution in [0.3, 0.4) is 0 Å². The molecule has 1 amide bonds. The van der Waals surface area contributed by atoms with E-state index in [0.717, 1.165) is 0 Å². The van der Waals surface area contributed by atoms with E-state index in [4.69, 9.17) is 23.2 Å². The molecule has 0 heterocycles. The molecule has 0 spiro atoms. The second-order valence-electron chi connectivity index (χ2n) is 4.35. The first-order valence-electron chi connectivity index (χ1n) is 6.02. The maximum absolute atomic E-state index is 12.2. The Kier molecular flexibility index (Phi) is 4.65. The van der Waals surface area contributed by atoms with Gasteiger partial charge in [-0.25, -0.2) is 0 Å². The van der Waals surface area contributed by atoms with Crippen molar-refractivity contribution in [1.82, 2.24) is 0 Å². The largest absolute Gasteiger partial charge is 0.389 e. The van der Waals surface area contributed by atoms with Gasteiger partial charge in [-0.15, -0.1) is 0 Å². The fraction of sp³-hybridized carbons (Fsp3) is 0.133. The fourth-order valence-corrected chi connectivity index (χ4v) is 2.11. The van der Waals surface area contributed by atoms with E-state index in [0.29, 0.717) is 26.9 Å². The number of nitrogens with one attached hydrogen (secondary N) is 1. The number of hydrogen-bond acceptors (Lipinski definition) is 2. The number of halogens is 2. The second kappa shape index (κ2) is 6.27. The lowest BCUT2D eigenvalue weighted by molar-refractivity contribution is 0.102. The molecule has 2 aromatic rings. The lowest BCUT2D eigenvalue weighted by atomic mass is 10.1. The fourth-order valence-electron chi connectivity index (χ4n) is 1.81. The van der Waals surface area contributed by atoms with E-state index in [1.165, 1.54) is 6.07 Å². The summed E-state index contributed by atoms with van der Waals surface area (Å²) in [4.78, 5) is 12.2. The summed E-state index contributed by atoms with van der Waals surface area (Å²) in [5, 5.41) is 13.2. The Hall–Kier alpha value is -1.55. The van der Waals surface area contributed by atoms with Gasteiger partial charge in [-0.2, -0.15) is 0 Å². The predicted molar refractivity (Wildman–Crippen MR) is 81.5 cm³/mol. The Morgan fingerprint density at radius 1 is 1.15 bits per heavy atom. The normalized spacial score (nSPS) is 12.0. The molecule has 2 N–H and O–H groups in total. The molecule has 0 radical (unpaired) electrons. The van der Waals surface area contributed by atoms with E-state index < -0.39 is 6.10 Å². The molecule has 0 aliphatic rings. The van der Waals surface area contributed by atoms with E-state index in [1.54, 1.807) is 43.3 Å². The molecule has 0 fully saturated rings. The van der Waals surface area contributed by atoms with Crippen LogP contribution >= 0.6 is 23.2 Å². The van der Waals surface area contributed by atoms with Crippen LogP contribution in [0.2, 0.25) is 10.0 Å². The molecule has 1 atom stereocenters. The average molecular weight is 310 g/mol. The third-order valence-electron chi connectivity index (χ3n) is 2.84. The summed E-state index contributed by atoms with van der Waals surface area (Å²) >= 11 is 11.7. The molecule has 0 aliphatic heterocycles. The van der Waals surface area contributed by atoms with E-state index in [1.807, 2.05) is 0 Å². The van der Waals surface area contributed by atoms with E-state index in [9.17, 15) is 9.90 Å². The van der Waals surface area contributed by atoms with Gasteiger partial charge in [0.1, 0.15) is 0 Å². The number of carbonyl (C=O) groups is 1. The van der Waals surface area contributed by atoms with Crippen molar-refractivity contribution in [2.75, 3.05) is 5.32 Å². The average Bonchev–Trinajstić information content (AvgIpc) is 2.42. The highest BCUT2D eigenvalue weighted by molar-refractivity contribution is 6.42. The minimum Gasteiger partial charge on any atom is -0.389 e. The van der Waals surface area contributed by atoms with Gasteiger partial charge in [-0.3, -0.25) is 4.79 Å². The third kappa shape index (κ3) is 3.31. The highest BCUT2D eigenvalue weighted by Gasteiger charge is 2.12. The summed E-state index contributed by atoms with van der Waals surface area (Å²) in [5.74, 6) is -0.309. The Balaban J connectivity index is 2.26. The molecule has 20 heavy (non-hydrogen) atoms. The van der Waals surface area contributed by atoms with Crippen LogP contribution in [0.4, 0.5) is 5.69 Å². The van der Waals surface area contributed by atoms with Crippen LogP contribution in [-0.2, 0) is 0 Å². The van der Waals surface area contributed by atoms with Crippen LogP contribution in [0.5, 0.6) is 0 Å². The van der Waals surface area contributed by atoms with Gasteiger partial charge < -0.3 is 10.4 Å². The van der Waals surface area contributed by atoms with Crippen molar-refractivity contribution in [3.05, 3.63) is 63.6 Å². The molecule has 2 rings (SSSR count). The molecular formula is C15H13Cl2NO2. The Morgan fingerprint density at radius 3 is 2.50 bits per heavy atom. The third-order valence-corrected chi connectivity index (χ3v) is 3.58. The molecular weight excluding hydrogens is 297 g/mol. The smallest absolute Gasteiger partial charge is 0.255 e. The first-order valence-corrected chi connectivity index (χ1v) is 6.78. The van der Waals surface area contributed by atoms with Crippen molar-refractivity contribution < 1.29 is 9.90 Å². The van der Waals surface area contributed by atoms with Gasteiger partial charge in [0.05, 0.1) is 16.1 Å². The zero-order valence-corrected chi connectivity index (χ0v) is 12.2. The number of anilines is 1. The number of aliphatic hydroxyl groups is 1. The quantitative estimate of drug-likeness (QED) is 0.888. The van der Waals surface area contributed by atoms with Crippen molar-refractivity contribution in [3.63, 3.8) is 0 Å². The molecule has 0 aliphatic carbocycles. The lowest BCUT2D eigenvalue weighted by Gasteiger charge is -2.13. The van der Waals surface area contributed by atoms with E-state index >= 15 is 0 Å². The Bertz CT molecular complexity index is 642. The summed E-state index contributed by atoms with van der Waals surface area (Å²) in [6.07, 6.45) is -0.666. The van der Waals surface area contributed by atoms with Crippen LogP contribution in [0.1, 0.15) is 28.9 Å². The van der Waals surface area contributed by atoms with Gasteiger partial charge in [0, 0.05) is 16.8 Å². The Morgan fingerprint density at radius 2 is 1.85 bits per heavy atom. The van der Waals surface area contributed by atoms with E-state index in [2.05, 4.69) is 5.32 Å². The highest BCUT2D eigenvalue weighted by Crippen LogP contribution is 2.25. The van der Waals surface area contributed by atoms with Gasteiger partial charge in [0.2, 0.25) is 0 Å². The van der Waals surface area contributed by atoms with Gasteiger partial charge in [-0.1, -0.05) is 41.4 Å². The summed E-state index contributed by atoms with van der Waals surface area (Å²) in [6.45, 7) is 1.64. The van der Waals surface area contributed by atoms with Gasteiger partial charge >= 0.3 is 0 Å². The van der Waals surface area contributed by atoms with Crippen LogP contribution < -0.4 is 5.32 Å². The summed E-state index contributed by atoms with van der Waals surface area (Å²) in [6, 6.07) is 11.7. The summed E-state index contributed by atoms with van der Waals surface area (Å²) in [7, 11) is 0. The van der Waals surface area contributed by atoms with Crippen molar-refractivity contribution in [1.29, 1.82) is 0 Å². The number of para-hydroxylation sites is 1. The van der Waals surface area contributed by atoms with Gasteiger partial charge in [-0.05, 0) is 31.2 Å². The van der Waals surface area contributed by atoms with Crippen molar-refractivity contribution in [2.45, 2.75) is 13.0 Å². The second-order valence-corrected chi connectivity index (χ2v) is 5.16. The minimum atomic E-state index is -0.666. The summed E-state index contributed by atoms with van der Waals surface area (Å²) < 4.78 is 0. The van der Waals surface area contributed by atoms with Crippen molar-refractivity contribution >= 4 is 34.8 Å². The van der Waals surface area contributed by atoms with E-state index in [-0.39, 0.29) is 5.91 Å². The standard InChI is InChI=1S/C15H13Cl2NO2/c1-9(19)11-4-2-3-5-14(11)18-15(20)10-6-7-12(16)13(17)8-10/h2-9,19H,1H3,(H,18,20). The number of amides is 1.